The Balaban J connectivity index is 1.58. The Morgan fingerprint density at radius 3 is 2.65 bits per heavy atom. The number of likely N-dealkylation sites (tertiary alicyclic amines) is 1. The molecule has 0 bridgehead atoms. The Labute approximate surface area is 123 Å². The fourth-order valence-electron chi connectivity index (χ4n) is 2.84. The second kappa shape index (κ2) is 9.11. The van der Waals surface area contributed by atoms with Crippen molar-refractivity contribution in [1.82, 2.24) is 10.2 Å². The minimum atomic E-state index is 0.851. The summed E-state index contributed by atoms with van der Waals surface area (Å²) in [6.45, 7) is 6.69. The lowest BCUT2D eigenvalue weighted by molar-refractivity contribution is 0.172. The van der Waals surface area contributed by atoms with E-state index in [2.05, 4.69) is 40.5 Å². The van der Waals surface area contributed by atoms with Crippen LogP contribution in [-0.2, 0) is 11.3 Å². The van der Waals surface area contributed by atoms with E-state index in [0.717, 1.165) is 32.0 Å². The van der Waals surface area contributed by atoms with Gasteiger partial charge in [0.15, 0.2) is 0 Å². The van der Waals surface area contributed by atoms with Crippen molar-refractivity contribution in [2.45, 2.75) is 25.8 Å². The standard InChI is InChI=1S/C17H28N2O/c1-20-13-5-10-18-14-16-8-11-19(12-9-16)15-17-6-3-2-4-7-17/h2-4,6-7,16,18H,5,8-15H2,1H3. The van der Waals surface area contributed by atoms with Crippen molar-refractivity contribution in [3.63, 3.8) is 0 Å². The van der Waals surface area contributed by atoms with E-state index in [1.807, 2.05) is 0 Å². The third-order valence-electron chi connectivity index (χ3n) is 4.09. The molecule has 112 valence electrons. The van der Waals surface area contributed by atoms with Crippen LogP contribution in [0.2, 0.25) is 0 Å². The zero-order valence-electron chi connectivity index (χ0n) is 12.7. The van der Waals surface area contributed by atoms with Crippen LogP contribution >= 0.6 is 0 Å². The zero-order valence-corrected chi connectivity index (χ0v) is 12.7. The third kappa shape index (κ3) is 5.61. The maximum absolute atomic E-state index is 5.06. The summed E-state index contributed by atoms with van der Waals surface area (Å²) in [6.07, 6.45) is 3.76. The highest BCUT2D eigenvalue weighted by Crippen LogP contribution is 2.18. The summed E-state index contributed by atoms with van der Waals surface area (Å²) in [6, 6.07) is 10.8. The van der Waals surface area contributed by atoms with Gasteiger partial charge < -0.3 is 10.1 Å². The Bertz CT molecular complexity index is 347. The summed E-state index contributed by atoms with van der Waals surface area (Å²) < 4.78 is 5.06. The molecule has 1 saturated heterocycles. The van der Waals surface area contributed by atoms with Crippen molar-refractivity contribution in [3.8, 4) is 0 Å². The SMILES string of the molecule is COCCCNCC1CCN(Cc2ccccc2)CC1. The van der Waals surface area contributed by atoms with Crippen molar-refractivity contribution < 1.29 is 4.74 Å². The van der Waals surface area contributed by atoms with E-state index in [9.17, 15) is 0 Å². The fourth-order valence-corrected chi connectivity index (χ4v) is 2.84. The number of nitrogens with one attached hydrogen (secondary N) is 1. The van der Waals surface area contributed by atoms with E-state index in [1.54, 1.807) is 7.11 Å². The van der Waals surface area contributed by atoms with Gasteiger partial charge in [0.05, 0.1) is 0 Å². The lowest BCUT2D eigenvalue weighted by atomic mass is 9.96. The lowest BCUT2D eigenvalue weighted by Gasteiger charge is -2.32. The molecule has 0 aromatic heterocycles. The highest BCUT2D eigenvalue weighted by atomic mass is 16.5. The quantitative estimate of drug-likeness (QED) is 0.738. The molecule has 3 nitrogen and oxygen atoms in total. The van der Waals surface area contributed by atoms with Gasteiger partial charge in [0.1, 0.15) is 0 Å². The molecule has 3 heteroatoms. The fraction of sp³-hybridized carbons (Fsp3) is 0.647. The van der Waals surface area contributed by atoms with Gasteiger partial charge >= 0.3 is 0 Å². The maximum atomic E-state index is 5.06. The molecule has 20 heavy (non-hydrogen) atoms. The van der Waals surface area contributed by atoms with Crippen LogP contribution in [0.15, 0.2) is 30.3 Å². The van der Waals surface area contributed by atoms with Crippen LogP contribution in [0, 0.1) is 5.92 Å². The number of piperidine rings is 1. The molecule has 0 radical (unpaired) electrons. The molecular weight excluding hydrogens is 248 g/mol. The van der Waals surface area contributed by atoms with Gasteiger partial charge in [-0.05, 0) is 56.9 Å². The van der Waals surface area contributed by atoms with Gasteiger partial charge in [-0.3, -0.25) is 4.90 Å². The molecule has 1 aromatic carbocycles. The molecule has 1 heterocycles. The second-order valence-electron chi connectivity index (χ2n) is 5.76. The van der Waals surface area contributed by atoms with Crippen LogP contribution in [0.25, 0.3) is 0 Å². The second-order valence-corrected chi connectivity index (χ2v) is 5.76. The number of nitrogens with zero attached hydrogens (tertiary/aromatic N) is 1. The van der Waals surface area contributed by atoms with Crippen molar-refractivity contribution in [3.05, 3.63) is 35.9 Å². The van der Waals surface area contributed by atoms with E-state index in [0.29, 0.717) is 0 Å². The molecule has 0 unspecified atom stereocenters. The molecular formula is C17H28N2O. The Morgan fingerprint density at radius 1 is 1.20 bits per heavy atom. The molecule has 1 aliphatic rings. The number of hydrogen-bond donors (Lipinski definition) is 1. The number of hydrogen-bond acceptors (Lipinski definition) is 3. The van der Waals surface area contributed by atoms with Gasteiger partial charge in [0.25, 0.3) is 0 Å². The Hall–Kier alpha value is -0.900. The van der Waals surface area contributed by atoms with E-state index in [-0.39, 0.29) is 0 Å². The first-order valence-corrected chi connectivity index (χ1v) is 7.84. The molecule has 2 rings (SSSR count). The van der Waals surface area contributed by atoms with Crippen molar-refractivity contribution >= 4 is 0 Å². The summed E-state index contributed by atoms with van der Waals surface area (Å²) in [7, 11) is 1.77. The van der Waals surface area contributed by atoms with Gasteiger partial charge in [0.2, 0.25) is 0 Å². The number of benzene rings is 1. The summed E-state index contributed by atoms with van der Waals surface area (Å²) >= 11 is 0. The summed E-state index contributed by atoms with van der Waals surface area (Å²) in [5, 5.41) is 3.56. The highest BCUT2D eigenvalue weighted by Gasteiger charge is 2.18. The molecule has 0 aliphatic carbocycles. The van der Waals surface area contributed by atoms with Gasteiger partial charge in [-0.15, -0.1) is 0 Å². The number of rotatable bonds is 8. The first kappa shape index (κ1) is 15.5. The largest absolute Gasteiger partial charge is 0.385 e. The first-order chi connectivity index (χ1) is 9.88. The van der Waals surface area contributed by atoms with Crippen LogP contribution in [0.3, 0.4) is 0 Å². The van der Waals surface area contributed by atoms with Gasteiger partial charge in [0, 0.05) is 20.3 Å². The molecule has 0 saturated carbocycles. The number of ether oxygens (including phenoxy) is 1. The van der Waals surface area contributed by atoms with Crippen LogP contribution in [0.4, 0.5) is 0 Å². The minimum absolute atomic E-state index is 0.851. The van der Waals surface area contributed by atoms with Gasteiger partial charge in [-0.1, -0.05) is 30.3 Å². The summed E-state index contributed by atoms with van der Waals surface area (Å²) in [5.41, 5.74) is 1.43. The topological polar surface area (TPSA) is 24.5 Å². The van der Waals surface area contributed by atoms with Crippen molar-refractivity contribution in [2.24, 2.45) is 5.92 Å². The normalized spacial score (nSPS) is 17.4. The highest BCUT2D eigenvalue weighted by molar-refractivity contribution is 5.14. The summed E-state index contributed by atoms with van der Waals surface area (Å²) in [4.78, 5) is 2.58. The molecule has 1 fully saturated rings. The van der Waals surface area contributed by atoms with Crippen LogP contribution in [-0.4, -0.2) is 44.8 Å². The third-order valence-corrected chi connectivity index (χ3v) is 4.09. The smallest absolute Gasteiger partial charge is 0.0474 e. The first-order valence-electron chi connectivity index (χ1n) is 7.84. The molecule has 1 N–H and O–H groups in total. The average Bonchev–Trinajstić information content (AvgIpc) is 2.50. The van der Waals surface area contributed by atoms with E-state index < -0.39 is 0 Å². The zero-order chi connectivity index (χ0) is 14.0. The molecule has 1 aliphatic heterocycles. The van der Waals surface area contributed by atoms with Crippen LogP contribution in [0.1, 0.15) is 24.8 Å². The lowest BCUT2D eigenvalue weighted by Crippen LogP contribution is -2.37. The minimum Gasteiger partial charge on any atom is -0.385 e. The van der Waals surface area contributed by atoms with Crippen LogP contribution < -0.4 is 5.32 Å². The summed E-state index contributed by atoms with van der Waals surface area (Å²) in [5.74, 6) is 0.851. The predicted octanol–water partition coefficient (Wildman–Crippen LogP) is 2.52. The van der Waals surface area contributed by atoms with E-state index in [4.69, 9.17) is 4.74 Å². The Morgan fingerprint density at radius 2 is 1.95 bits per heavy atom. The van der Waals surface area contributed by atoms with Crippen molar-refractivity contribution in [1.29, 1.82) is 0 Å². The molecule has 0 spiro atoms. The van der Waals surface area contributed by atoms with E-state index >= 15 is 0 Å². The van der Waals surface area contributed by atoms with Gasteiger partial charge in [-0.25, -0.2) is 0 Å². The van der Waals surface area contributed by atoms with E-state index in [1.165, 1.54) is 38.0 Å². The average molecular weight is 276 g/mol. The van der Waals surface area contributed by atoms with Crippen LogP contribution in [0.5, 0.6) is 0 Å². The predicted molar refractivity (Wildman–Crippen MR) is 83.8 cm³/mol. The maximum Gasteiger partial charge on any atom is 0.0474 e. The Kier molecular flexibility index (Phi) is 7.06. The number of methoxy groups -OCH3 is 1. The molecule has 0 amide bonds. The monoisotopic (exact) mass is 276 g/mol. The molecule has 0 atom stereocenters. The van der Waals surface area contributed by atoms with Crippen molar-refractivity contribution in [2.75, 3.05) is 39.9 Å². The van der Waals surface area contributed by atoms with Gasteiger partial charge in [-0.2, -0.15) is 0 Å². The molecule has 1 aromatic rings.